The monoisotopic (exact) mass is 541 g/mol. The number of benzene rings is 3. The average Bonchev–Trinajstić information content (AvgIpc) is 2.82. The zero-order valence-corrected chi connectivity index (χ0v) is 20.6. The molecule has 1 fully saturated rings. The summed E-state index contributed by atoms with van der Waals surface area (Å²) in [6.07, 6.45) is 2.97. The Hall–Kier alpha value is -3.10. The predicted molar refractivity (Wildman–Crippen MR) is 135 cm³/mol. The Morgan fingerprint density at radius 3 is 2.31 bits per heavy atom. The second kappa shape index (κ2) is 11.1. The molecule has 3 N–H and O–H groups in total. The molecule has 4 rings (SSSR count). The molecule has 35 heavy (non-hydrogen) atoms. The van der Waals surface area contributed by atoms with E-state index in [4.69, 9.17) is 5.73 Å². The molecule has 8 heteroatoms. The Balaban J connectivity index is 1.57. The highest BCUT2D eigenvalue weighted by Gasteiger charge is 2.29. The molecule has 0 aromatic heterocycles. The van der Waals surface area contributed by atoms with Crippen molar-refractivity contribution in [2.24, 2.45) is 5.73 Å². The van der Waals surface area contributed by atoms with E-state index in [0.717, 1.165) is 36.6 Å². The quantitative estimate of drug-likeness (QED) is 0.408. The summed E-state index contributed by atoms with van der Waals surface area (Å²) < 4.78 is 28.4. The minimum Gasteiger partial charge on any atom is -0.331 e. The average molecular weight is 542 g/mol. The van der Waals surface area contributed by atoms with Gasteiger partial charge in [-0.25, -0.2) is 8.78 Å². The fourth-order valence-corrected chi connectivity index (χ4v) is 4.88. The number of halogens is 3. The molecule has 0 heterocycles. The normalized spacial score (nSPS) is 17.6. The fraction of sp³-hybridized carbons (Fsp3) is 0.259. The van der Waals surface area contributed by atoms with Crippen LogP contribution < -0.4 is 11.1 Å². The van der Waals surface area contributed by atoms with Gasteiger partial charge in [-0.2, -0.15) is 0 Å². The van der Waals surface area contributed by atoms with Gasteiger partial charge in [-0.3, -0.25) is 9.59 Å². The van der Waals surface area contributed by atoms with Gasteiger partial charge in [-0.05, 0) is 83.6 Å². The van der Waals surface area contributed by atoms with E-state index in [1.54, 1.807) is 41.3 Å². The Morgan fingerprint density at radius 2 is 1.63 bits per heavy atom. The zero-order valence-electron chi connectivity index (χ0n) is 19.0. The van der Waals surface area contributed by atoms with Crippen molar-refractivity contribution in [1.82, 2.24) is 4.90 Å². The maximum atomic E-state index is 13.8. The molecule has 0 spiro atoms. The lowest BCUT2D eigenvalue weighted by atomic mass is 9.90. The SMILES string of the molecule is NC1CCC(N(Cc2cccc(NC(=O)c3ccccc3Br)c2)C(=O)c2cc(F)cc(F)c2)CC1. The predicted octanol–water partition coefficient (Wildman–Crippen LogP) is 5.89. The van der Waals surface area contributed by atoms with E-state index in [1.165, 1.54) is 0 Å². The highest BCUT2D eigenvalue weighted by atomic mass is 79.9. The van der Waals surface area contributed by atoms with E-state index in [2.05, 4.69) is 21.2 Å². The second-order valence-electron chi connectivity index (χ2n) is 8.79. The van der Waals surface area contributed by atoms with Crippen LogP contribution in [0, 0.1) is 11.6 Å². The molecule has 1 saturated carbocycles. The molecule has 1 aliphatic carbocycles. The van der Waals surface area contributed by atoms with Gasteiger partial charge in [0.2, 0.25) is 0 Å². The summed E-state index contributed by atoms with van der Waals surface area (Å²) in [6.45, 7) is 0.232. The molecule has 0 saturated heterocycles. The number of hydrogen-bond acceptors (Lipinski definition) is 3. The van der Waals surface area contributed by atoms with Gasteiger partial charge in [-0.15, -0.1) is 0 Å². The fourth-order valence-electron chi connectivity index (χ4n) is 4.41. The summed E-state index contributed by atoms with van der Waals surface area (Å²) in [5, 5.41) is 2.89. The van der Waals surface area contributed by atoms with Crippen LogP contribution in [-0.2, 0) is 6.54 Å². The maximum Gasteiger partial charge on any atom is 0.256 e. The van der Waals surface area contributed by atoms with Crippen molar-refractivity contribution in [1.29, 1.82) is 0 Å². The van der Waals surface area contributed by atoms with Crippen molar-refractivity contribution in [3.8, 4) is 0 Å². The Labute approximate surface area is 211 Å². The maximum absolute atomic E-state index is 13.8. The van der Waals surface area contributed by atoms with E-state index in [0.29, 0.717) is 28.6 Å². The van der Waals surface area contributed by atoms with Gasteiger partial charge in [-0.1, -0.05) is 24.3 Å². The lowest BCUT2D eigenvalue weighted by Crippen LogP contribution is -2.44. The summed E-state index contributed by atoms with van der Waals surface area (Å²) in [5.41, 5.74) is 7.89. The summed E-state index contributed by atoms with van der Waals surface area (Å²) >= 11 is 3.39. The van der Waals surface area contributed by atoms with Gasteiger partial charge in [0.1, 0.15) is 11.6 Å². The molecule has 0 radical (unpaired) electrons. The number of nitrogens with two attached hydrogens (primary N) is 1. The van der Waals surface area contributed by atoms with Crippen LogP contribution in [-0.4, -0.2) is 28.8 Å². The van der Waals surface area contributed by atoms with Gasteiger partial charge < -0.3 is 16.0 Å². The molecular weight excluding hydrogens is 516 g/mol. The van der Waals surface area contributed by atoms with Crippen molar-refractivity contribution in [3.05, 3.63) is 99.5 Å². The third-order valence-corrected chi connectivity index (χ3v) is 6.90. The van der Waals surface area contributed by atoms with Crippen molar-refractivity contribution in [3.63, 3.8) is 0 Å². The van der Waals surface area contributed by atoms with Crippen molar-refractivity contribution < 1.29 is 18.4 Å². The highest BCUT2D eigenvalue weighted by molar-refractivity contribution is 9.10. The summed E-state index contributed by atoms with van der Waals surface area (Å²) in [5.74, 6) is -2.29. The molecule has 3 aromatic rings. The molecule has 0 bridgehead atoms. The Morgan fingerprint density at radius 1 is 0.943 bits per heavy atom. The lowest BCUT2D eigenvalue weighted by molar-refractivity contribution is 0.0605. The molecule has 0 atom stereocenters. The van der Waals surface area contributed by atoms with E-state index < -0.39 is 17.5 Å². The summed E-state index contributed by atoms with van der Waals surface area (Å²) in [6, 6.07) is 17.2. The number of hydrogen-bond donors (Lipinski definition) is 2. The van der Waals surface area contributed by atoms with Gasteiger partial charge in [0, 0.05) is 40.4 Å². The van der Waals surface area contributed by atoms with Gasteiger partial charge in [0.15, 0.2) is 0 Å². The molecule has 182 valence electrons. The molecule has 3 aromatic carbocycles. The molecular formula is C27H26BrF2N3O2. The number of nitrogens with zero attached hydrogens (tertiary/aromatic N) is 1. The van der Waals surface area contributed by atoms with Gasteiger partial charge in [0.25, 0.3) is 11.8 Å². The molecule has 5 nitrogen and oxygen atoms in total. The van der Waals surface area contributed by atoms with E-state index in [1.807, 2.05) is 12.1 Å². The third-order valence-electron chi connectivity index (χ3n) is 6.21. The van der Waals surface area contributed by atoms with Crippen molar-refractivity contribution in [2.75, 3.05) is 5.32 Å². The number of carbonyl (C=O) groups excluding carboxylic acids is 2. The van der Waals surface area contributed by atoms with Crippen molar-refractivity contribution >= 4 is 33.4 Å². The molecule has 0 unspecified atom stereocenters. The smallest absolute Gasteiger partial charge is 0.256 e. The third kappa shape index (κ3) is 6.32. The topological polar surface area (TPSA) is 75.4 Å². The molecule has 2 amide bonds. The van der Waals surface area contributed by atoms with Crippen LogP contribution in [0.5, 0.6) is 0 Å². The van der Waals surface area contributed by atoms with Crippen LogP contribution in [0.15, 0.2) is 71.2 Å². The minimum atomic E-state index is -0.796. The van der Waals surface area contributed by atoms with E-state index in [-0.39, 0.29) is 30.1 Å². The van der Waals surface area contributed by atoms with Gasteiger partial charge in [0.05, 0.1) is 5.56 Å². The van der Waals surface area contributed by atoms with Crippen LogP contribution in [0.4, 0.5) is 14.5 Å². The van der Waals surface area contributed by atoms with E-state index >= 15 is 0 Å². The van der Waals surface area contributed by atoms with E-state index in [9.17, 15) is 18.4 Å². The second-order valence-corrected chi connectivity index (χ2v) is 9.65. The number of rotatable bonds is 6. The zero-order chi connectivity index (χ0) is 24.9. The summed E-state index contributed by atoms with van der Waals surface area (Å²) in [7, 11) is 0. The van der Waals surface area contributed by atoms with Gasteiger partial charge >= 0.3 is 0 Å². The Kier molecular flexibility index (Phi) is 7.93. The highest BCUT2D eigenvalue weighted by Crippen LogP contribution is 2.27. The van der Waals surface area contributed by atoms with Crippen LogP contribution >= 0.6 is 15.9 Å². The molecule has 0 aliphatic heterocycles. The lowest BCUT2D eigenvalue weighted by Gasteiger charge is -2.36. The van der Waals surface area contributed by atoms with Crippen LogP contribution in [0.1, 0.15) is 52.0 Å². The minimum absolute atomic E-state index is 0.0317. The van der Waals surface area contributed by atoms with Crippen molar-refractivity contribution in [2.45, 2.75) is 44.3 Å². The number of anilines is 1. The van der Waals surface area contributed by atoms with Crippen LogP contribution in [0.2, 0.25) is 0 Å². The first-order valence-electron chi connectivity index (χ1n) is 11.5. The first kappa shape index (κ1) is 25.0. The van der Waals surface area contributed by atoms with Crippen LogP contribution in [0.3, 0.4) is 0 Å². The first-order valence-corrected chi connectivity index (χ1v) is 12.3. The van der Waals surface area contributed by atoms with Crippen LogP contribution in [0.25, 0.3) is 0 Å². The molecule has 1 aliphatic rings. The number of carbonyl (C=O) groups is 2. The number of amides is 2. The Bertz CT molecular complexity index is 1210. The standard InChI is InChI=1S/C27H26BrF2N3O2/c28-25-7-2-1-6-24(25)26(34)32-22-5-3-4-17(12-22)16-33(23-10-8-21(31)9-11-23)27(35)18-13-19(29)15-20(30)14-18/h1-7,12-15,21,23H,8-11,16,31H2,(H,32,34). The first-order chi connectivity index (χ1) is 16.8. The number of nitrogens with one attached hydrogen (secondary N) is 1. The largest absolute Gasteiger partial charge is 0.331 e. The summed E-state index contributed by atoms with van der Waals surface area (Å²) in [4.78, 5) is 27.8.